The van der Waals surface area contributed by atoms with Crippen LogP contribution in [0.25, 0.3) is 0 Å². The van der Waals surface area contributed by atoms with Gasteiger partial charge in [0.15, 0.2) is 6.10 Å². The standard InChI is InChI=1S/C21H21ClN4O4S/c1-3-19(30-17-6-4-5-15(22)13-17)20(27)25-16-7-9-18(10-8-16)31(28,29)26-21-23-12-11-14(2)24-21/h4-13,19H,3H2,1-2H3,(H,25,27)(H,23,24,26)/t19-/m1/s1. The maximum absolute atomic E-state index is 12.6. The van der Waals surface area contributed by atoms with E-state index in [4.69, 9.17) is 16.3 Å². The van der Waals surface area contributed by atoms with Crippen LogP contribution in [0.15, 0.2) is 65.7 Å². The van der Waals surface area contributed by atoms with Crippen LogP contribution in [0.5, 0.6) is 5.75 Å². The summed E-state index contributed by atoms with van der Waals surface area (Å²) in [7, 11) is -3.87. The number of anilines is 2. The molecule has 10 heteroatoms. The zero-order valence-corrected chi connectivity index (χ0v) is 18.4. The number of nitrogens with zero attached hydrogens (tertiary/aromatic N) is 2. The number of nitrogens with one attached hydrogen (secondary N) is 2. The van der Waals surface area contributed by atoms with Gasteiger partial charge in [-0.3, -0.25) is 4.79 Å². The van der Waals surface area contributed by atoms with E-state index < -0.39 is 16.1 Å². The molecule has 8 nitrogen and oxygen atoms in total. The van der Waals surface area contributed by atoms with E-state index in [1.165, 1.54) is 30.5 Å². The van der Waals surface area contributed by atoms with Crippen LogP contribution < -0.4 is 14.8 Å². The summed E-state index contributed by atoms with van der Waals surface area (Å²) in [5.74, 6) is 0.117. The molecule has 1 atom stereocenters. The van der Waals surface area contributed by atoms with Crippen molar-refractivity contribution in [2.24, 2.45) is 0 Å². The van der Waals surface area contributed by atoms with E-state index in [2.05, 4.69) is 20.0 Å². The second-order valence-electron chi connectivity index (χ2n) is 6.61. The predicted octanol–water partition coefficient (Wildman–Crippen LogP) is 4.04. The number of ether oxygens (including phenoxy) is 1. The largest absolute Gasteiger partial charge is 0.481 e. The summed E-state index contributed by atoms with van der Waals surface area (Å²) in [4.78, 5) is 20.5. The second-order valence-corrected chi connectivity index (χ2v) is 8.73. The number of carbonyl (C=O) groups is 1. The van der Waals surface area contributed by atoms with Crippen molar-refractivity contribution < 1.29 is 17.9 Å². The quantitative estimate of drug-likeness (QED) is 0.525. The van der Waals surface area contributed by atoms with E-state index in [0.717, 1.165) is 0 Å². The van der Waals surface area contributed by atoms with Gasteiger partial charge >= 0.3 is 0 Å². The Morgan fingerprint density at radius 3 is 2.55 bits per heavy atom. The zero-order valence-electron chi connectivity index (χ0n) is 16.9. The normalized spacial score (nSPS) is 12.1. The molecule has 0 spiro atoms. The molecule has 0 aliphatic heterocycles. The highest BCUT2D eigenvalue weighted by atomic mass is 35.5. The minimum Gasteiger partial charge on any atom is -0.481 e. The van der Waals surface area contributed by atoms with Crippen molar-refractivity contribution >= 4 is 39.2 Å². The van der Waals surface area contributed by atoms with Gasteiger partial charge in [0.25, 0.3) is 15.9 Å². The van der Waals surface area contributed by atoms with Crippen molar-refractivity contribution in [3.63, 3.8) is 0 Å². The number of hydrogen-bond acceptors (Lipinski definition) is 6. The molecule has 0 unspecified atom stereocenters. The van der Waals surface area contributed by atoms with Crippen LogP contribution >= 0.6 is 11.6 Å². The molecule has 0 saturated carbocycles. The van der Waals surface area contributed by atoms with Gasteiger partial charge < -0.3 is 10.1 Å². The van der Waals surface area contributed by atoms with Gasteiger partial charge in [-0.05, 0) is 61.9 Å². The summed E-state index contributed by atoms with van der Waals surface area (Å²) in [6, 6.07) is 14.2. The average Bonchev–Trinajstić information content (AvgIpc) is 2.72. The fraction of sp³-hybridized carbons (Fsp3) is 0.190. The van der Waals surface area contributed by atoms with E-state index >= 15 is 0 Å². The number of carbonyl (C=O) groups excluding carboxylic acids is 1. The van der Waals surface area contributed by atoms with Crippen LogP contribution in [-0.2, 0) is 14.8 Å². The SMILES string of the molecule is CC[C@@H](Oc1cccc(Cl)c1)C(=O)Nc1ccc(S(=O)(=O)Nc2nccc(C)n2)cc1. The summed E-state index contributed by atoms with van der Waals surface area (Å²) in [6.45, 7) is 3.56. The average molecular weight is 461 g/mol. The summed E-state index contributed by atoms with van der Waals surface area (Å²) < 4.78 is 33.1. The van der Waals surface area contributed by atoms with Gasteiger partial charge in [-0.25, -0.2) is 23.1 Å². The van der Waals surface area contributed by atoms with Crippen LogP contribution in [0.3, 0.4) is 0 Å². The summed E-state index contributed by atoms with van der Waals surface area (Å²) in [6.07, 6.45) is 1.17. The third-order valence-corrected chi connectivity index (χ3v) is 5.77. The molecule has 0 aliphatic rings. The van der Waals surface area contributed by atoms with Gasteiger partial charge in [-0.1, -0.05) is 24.6 Å². The number of hydrogen-bond donors (Lipinski definition) is 2. The van der Waals surface area contributed by atoms with Gasteiger partial charge in [0, 0.05) is 22.6 Å². The van der Waals surface area contributed by atoms with Gasteiger partial charge in [0.05, 0.1) is 4.90 Å². The Morgan fingerprint density at radius 1 is 1.16 bits per heavy atom. The fourth-order valence-electron chi connectivity index (χ4n) is 2.64. The lowest BCUT2D eigenvalue weighted by Gasteiger charge is -2.17. The van der Waals surface area contributed by atoms with E-state index in [-0.39, 0.29) is 16.8 Å². The smallest absolute Gasteiger partial charge is 0.265 e. The Labute approximate surface area is 185 Å². The van der Waals surface area contributed by atoms with Crippen LogP contribution in [0.2, 0.25) is 5.02 Å². The maximum atomic E-state index is 12.6. The molecule has 2 N–H and O–H groups in total. The monoisotopic (exact) mass is 460 g/mol. The number of rotatable bonds is 8. The van der Waals surface area contributed by atoms with Crippen LogP contribution in [0.1, 0.15) is 19.0 Å². The Morgan fingerprint density at radius 2 is 1.90 bits per heavy atom. The molecule has 1 heterocycles. The Balaban J connectivity index is 1.67. The molecule has 3 rings (SSSR count). The topological polar surface area (TPSA) is 110 Å². The van der Waals surface area contributed by atoms with E-state index in [1.54, 1.807) is 37.3 Å². The molecular formula is C21H21ClN4O4S. The fourth-order valence-corrected chi connectivity index (χ4v) is 3.78. The van der Waals surface area contributed by atoms with E-state index in [0.29, 0.717) is 28.6 Å². The molecule has 1 amide bonds. The lowest BCUT2D eigenvalue weighted by atomic mass is 10.2. The van der Waals surface area contributed by atoms with E-state index in [9.17, 15) is 13.2 Å². The Kier molecular flexibility index (Phi) is 7.09. The van der Waals surface area contributed by atoms with Gasteiger partial charge in [-0.2, -0.15) is 0 Å². The molecule has 31 heavy (non-hydrogen) atoms. The molecule has 3 aromatic rings. The van der Waals surface area contributed by atoms with Gasteiger partial charge in [0.1, 0.15) is 5.75 Å². The van der Waals surface area contributed by atoms with Crippen molar-refractivity contribution in [3.05, 3.63) is 71.5 Å². The molecule has 0 saturated heterocycles. The number of benzene rings is 2. The minimum absolute atomic E-state index is 0.0119. The number of aryl methyl sites for hydroxylation is 1. The van der Waals surface area contributed by atoms with Crippen LogP contribution in [0, 0.1) is 6.92 Å². The molecule has 1 aromatic heterocycles. The van der Waals surface area contributed by atoms with E-state index in [1.807, 2.05) is 6.92 Å². The third kappa shape index (κ3) is 6.16. The van der Waals surface area contributed by atoms with Crippen molar-refractivity contribution in [2.75, 3.05) is 10.0 Å². The first-order valence-electron chi connectivity index (χ1n) is 9.42. The Hall–Kier alpha value is -3.17. The first kappa shape index (κ1) is 22.5. The third-order valence-electron chi connectivity index (χ3n) is 4.19. The van der Waals surface area contributed by atoms with Gasteiger partial charge in [-0.15, -0.1) is 0 Å². The van der Waals surface area contributed by atoms with Crippen molar-refractivity contribution in [1.29, 1.82) is 0 Å². The molecule has 2 aromatic carbocycles. The van der Waals surface area contributed by atoms with Crippen LogP contribution in [0.4, 0.5) is 11.6 Å². The predicted molar refractivity (Wildman–Crippen MR) is 119 cm³/mol. The maximum Gasteiger partial charge on any atom is 0.265 e. The number of amides is 1. The Bertz CT molecular complexity index is 1170. The first-order chi connectivity index (χ1) is 14.8. The molecular weight excluding hydrogens is 440 g/mol. The van der Waals surface area contributed by atoms with Crippen molar-refractivity contribution in [2.45, 2.75) is 31.3 Å². The summed E-state index contributed by atoms with van der Waals surface area (Å²) >= 11 is 5.95. The molecule has 0 aliphatic carbocycles. The second kappa shape index (κ2) is 9.76. The number of sulfonamides is 1. The lowest BCUT2D eigenvalue weighted by Crippen LogP contribution is -2.32. The minimum atomic E-state index is -3.87. The first-order valence-corrected chi connectivity index (χ1v) is 11.3. The van der Waals surface area contributed by atoms with Gasteiger partial charge in [0.2, 0.25) is 5.95 Å². The van der Waals surface area contributed by atoms with Crippen molar-refractivity contribution in [3.8, 4) is 5.75 Å². The van der Waals surface area contributed by atoms with Crippen LogP contribution in [-0.4, -0.2) is 30.4 Å². The highest BCUT2D eigenvalue weighted by molar-refractivity contribution is 7.92. The number of aromatic nitrogens is 2. The zero-order chi connectivity index (χ0) is 22.4. The lowest BCUT2D eigenvalue weighted by molar-refractivity contribution is -0.122. The number of halogens is 1. The summed E-state index contributed by atoms with van der Waals surface area (Å²) in [5.41, 5.74) is 1.07. The highest BCUT2D eigenvalue weighted by Gasteiger charge is 2.20. The summed E-state index contributed by atoms with van der Waals surface area (Å²) in [5, 5.41) is 3.24. The molecule has 0 radical (unpaired) electrons. The molecule has 0 fully saturated rings. The highest BCUT2D eigenvalue weighted by Crippen LogP contribution is 2.21. The van der Waals surface area contributed by atoms with Crippen molar-refractivity contribution in [1.82, 2.24) is 9.97 Å². The molecule has 0 bridgehead atoms. The molecule has 162 valence electrons.